The lowest BCUT2D eigenvalue weighted by atomic mass is 9.89. The summed E-state index contributed by atoms with van der Waals surface area (Å²) in [6.45, 7) is 5.82. The Labute approximate surface area is 151 Å². The van der Waals surface area contributed by atoms with E-state index in [0.29, 0.717) is 11.8 Å². The number of rotatable bonds is 7. The monoisotopic (exact) mass is 344 g/mol. The molecule has 1 saturated heterocycles. The molecule has 5 nitrogen and oxygen atoms in total. The first-order valence-corrected chi connectivity index (χ1v) is 9.89. The van der Waals surface area contributed by atoms with Crippen molar-refractivity contribution in [3.63, 3.8) is 0 Å². The number of hydrogen-bond acceptors (Lipinski definition) is 4. The third-order valence-corrected chi connectivity index (χ3v) is 5.77. The standard InChI is InChI=1S/C20H32N4O/c1-16(20(25)23-13-17-7-3-2-4-8-17)24-12-10-18(15-24)14-22-19-9-5-6-11-21-19/h5-6,9,11,16-18H,2-4,7-8,10,12-15H2,1H3,(H,21,22)(H,23,25). The summed E-state index contributed by atoms with van der Waals surface area (Å²) in [7, 11) is 0. The number of carbonyl (C=O) groups is 1. The van der Waals surface area contributed by atoms with Gasteiger partial charge in [0.05, 0.1) is 6.04 Å². The van der Waals surface area contributed by atoms with E-state index in [-0.39, 0.29) is 11.9 Å². The fourth-order valence-electron chi connectivity index (χ4n) is 4.05. The molecule has 138 valence electrons. The summed E-state index contributed by atoms with van der Waals surface area (Å²) in [4.78, 5) is 19.1. The van der Waals surface area contributed by atoms with Crippen LogP contribution in [0, 0.1) is 11.8 Å². The van der Waals surface area contributed by atoms with Crippen LogP contribution in [0.2, 0.25) is 0 Å². The van der Waals surface area contributed by atoms with Crippen LogP contribution in [0.25, 0.3) is 0 Å². The summed E-state index contributed by atoms with van der Waals surface area (Å²) in [5.74, 6) is 2.40. The average molecular weight is 345 g/mol. The first kappa shape index (κ1) is 18.2. The molecule has 2 N–H and O–H groups in total. The third-order valence-electron chi connectivity index (χ3n) is 5.77. The van der Waals surface area contributed by atoms with Gasteiger partial charge in [0.2, 0.25) is 5.91 Å². The van der Waals surface area contributed by atoms with Crippen LogP contribution in [0.1, 0.15) is 45.4 Å². The number of aromatic nitrogens is 1. The largest absolute Gasteiger partial charge is 0.370 e. The molecular weight excluding hydrogens is 312 g/mol. The van der Waals surface area contributed by atoms with E-state index in [4.69, 9.17) is 0 Å². The smallest absolute Gasteiger partial charge is 0.237 e. The van der Waals surface area contributed by atoms with Crippen LogP contribution in [-0.2, 0) is 4.79 Å². The second-order valence-corrected chi connectivity index (χ2v) is 7.67. The second-order valence-electron chi connectivity index (χ2n) is 7.67. The number of anilines is 1. The summed E-state index contributed by atoms with van der Waals surface area (Å²) in [5, 5.41) is 6.60. The Hall–Kier alpha value is -1.62. The molecule has 1 saturated carbocycles. The lowest BCUT2D eigenvalue weighted by molar-refractivity contribution is -0.125. The quantitative estimate of drug-likeness (QED) is 0.798. The van der Waals surface area contributed by atoms with Gasteiger partial charge < -0.3 is 10.6 Å². The van der Waals surface area contributed by atoms with Gasteiger partial charge in [-0.25, -0.2) is 4.98 Å². The molecule has 1 aromatic rings. The highest BCUT2D eigenvalue weighted by Gasteiger charge is 2.29. The summed E-state index contributed by atoms with van der Waals surface area (Å²) in [5.41, 5.74) is 0. The zero-order valence-electron chi connectivity index (χ0n) is 15.4. The molecule has 1 aliphatic carbocycles. The number of nitrogens with one attached hydrogen (secondary N) is 2. The summed E-state index contributed by atoms with van der Waals surface area (Å²) in [6.07, 6.45) is 9.52. The van der Waals surface area contributed by atoms with E-state index >= 15 is 0 Å². The number of hydrogen-bond donors (Lipinski definition) is 2. The first-order valence-electron chi connectivity index (χ1n) is 9.89. The average Bonchev–Trinajstić information content (AvgIpc) is 3.14. The number of amides is 1. The van der Waals surface area contributed by atoms with Crippen LogP contribution in [0.15, 0.2) is 24.4 Å². The summed E-state index contributed by atoms with van der Waals surface area (Å²) < 4.78 is 0. The maximum Gasteiger partial charge on any atom is 0.237 e. The van der Waals surface area contributed by atoms with Gasteiger partial charge in [-0.2, -0.15) is 0 Å². The van der Waals surface area contributed by atoms with E-state index in [1.807, 2.05) is 31.3 Å². The Balaban J connectivity index is 1.37. The normalized spacial score (nSPS) is 23.3. The first-order chi connectivity index (χ1) is 12.2. The van der Waals surface area contributed by atoms with Gasteiger partial charge in [-0.05, 0) is 56.7 Å². The number of pyridine rings is 1. The van der Waals surface area contributed by atoms with Crippen molar-refractivity contribution < 1.29 is 4.79 Å². The Morgan fingerprint density at radius 1 is 1.20 bits per heavy atom. The molecule has 2 atom stereocenters. The van der Waals surface area contributed by atoms with Gasteiger partial charge in [-0.3, -0.25) is 9.69 Å². The van der Waals surface area contributed by atoms with E-state index in [0.717, 1.165) is 38.4 Å². The predicted octanol–water partition coefficient (Wildman–Crippen LogP) is 2.90. The van der Waals surface area contributed by atoms with Crippen molar-refractivity contribution in [2.24, 2.45) is 11.8 Å². The number of nitrogens with zero attached hydrogens (tertiary/aromatic N) is 2. The van der Waals surface area contributed by atoms with E-state index in [9.17, 15) is 4.79 Å². The summed E-state index contributed by atoms with van der Waals surface area (Å²) in [6, 6.07) is 5.89. The van der Waals surface area contributed by atoms with E-state index < -0.39 is 0 Å². The molecule has 2 fully saturated rings. The molecular formula is C20H32N4O. The molecule has 25 heavy (non-hydrogen) atoms. The molecule has 1 aromatic heterocycles. The van der Waals surface area contributed by atoms with Crippen molar-refractivity contribution in [2.75, 3.05) is 31.5 Å². The topological polar surface area (TPSA) is 57.3 Å². The third kappa shape index (κ3) is 5.43. The minimum atomic E-state index is -0.0246. The van der Waals surface area contributed by atoms with Gasteiger partial charge in [-0.15, -0.1) is 0 Å². The lowest BCUT2D eigenvalue weighted by Crippen LogP contribution is -2.45. The lowest BCUT2D eigenvalue weighted by Gasteiger charge is -2.26. The van der Waals surface area contributed by atoms with Crippen molar-refractivity contribution in [1.29, 1.82) is 0 Å². The molecule has 2 unspecified atom stereocenters. The van der Waals surface area contributed by atoms with Crippen LogP contribution < -0.4 is 10.6 Å². The van der Waals surface area contributed by atoms with Crippen molar-refractivity contribution in [1.82, 2.24) is 15.2 Å². The highest BCUT2D eigenvalue weighted by Crippen LogP contribution is 2.23. The Kier molecular flexibility index (Phi) is 6.68. The van der Waals surface area contributed by atoms with E-state index in [1.165, 1.54) is 32.1 Å². The van der Waals surface area contributed by atoms with Crippen LogP contribution in [0.4, 0.5) is 5.82 Å². The molecule has 2 aliphatic rings. The van der Waals surface area contributed by atoms with Gasteiger partial charge in [0.15, 0.2) is 0 Å². The fraction of sp³-hybridized carbons (Fsp3) is 0.700. The highest BCUT2D eigenvalue weighted by molar-refractivity contribution is 5.81. The molecule has 5 heteroatoms. The Morgan fingerprint density at radius 2 is 2.04 bits per heavy atom. The van der Waals surface area contributed by atoms with Crippen LogP contribution in [0.5, 0.6) is 0 Å². The van der Waals surface area contributed by atoms with Crippen molar-refractivity contribution in [3.05, 3.63) is 24.4 Å². The van der Waals surface area contributed by atoms with Gasteiger partial charge in [-0.1, -0.05) is 25.3 Å². The van der Waals surface area contributed by atoms with Gasteiger partial charge in [0.1, 0.15) is 5.82 Å². The highest BCUT2D eigenvalue weighted by atomic mass is 16.2. The maximum atomic E-state index is 12.5. The zero-order valence-corrected chi connectivity index (χ0v) is 15.4. The van der Waals surface area contributed by atoms with Crippen molar-refractivity contribution in [2.45, 2.75) is 51.5 Å². The van der Waals surface area contributed by atoms with Crippen LogP contribution in [-0.4, -0.2) is 48.0 Å². The molecule has 1 aliphatic heterocycles. The molecule has 1 amide bonds. The van der Waals surface area contributed by atoms with E-state index in [2.05, 4.69) is 20.5 Å². The van der Waals surface area contributed by atoms with Gasteiger partial charge in [0, 0.05) is 25.8 Å². The van der Waals surface area contributed by atoms with Gasteiger partial charge in [0.25, 0.3) is 0 Å². The fourth-order valence-corrected chi connectivity index (χ4v) is 4.05. The van der Waals surface area contributed by atoms with Crippen LogP contribution >= 0.6 is 0 Å². The maximum absolute atomic E-state index is 12.5. The second kappa shape index (κ2) is 9.18. The van der Waals surface area contributed by atoms with Gasteiger partial charge >= 0.3 is 0 Å². The molecule has 0 bridgehead atoms. The van der Waals surface area contributed by atoms with Crippen molar-refractivity contribution in [3.8, 4) is 0 Å². The van der Waals surface area contributed by atoms with Crippen LogP contribution in [0.3, 0.4) is 0 Å². The van der Waals surface area contributed by atoms with Crippen molar-refractivity contribution >= 4 is 11.7 Å². The number of likely N-dealkylation sites (tertiary alicyclic amines) is 1. The SMILES string of the molecule is CC(C(=O)NCC1CCCCC1)N1CCC(CNc2ccccn2)C1. The van der Waals surface area contributed by atoms with E-state index in [1.54, 1.807) is 0 Å². The molecule has 2 heterocycles. The molecule has 0 radical (unpaired) electrons. The number of carbonyl (C=O) groups excluding carboxylic acids is 1. The minimum Gasteiger partial charge on any atom is -0.370 e. The molecule has 0 spiro atoms. The molecule has 3 rings (SSSR count). The zero-order chi connectivity index (χ0) is 17.5. The predicted molar refractivity (Wildman–Crippen MR) is 101 cm³/mol. The minimum absolute atomic E-state index is 0.0246. The molecule has 0 aromatic carbocycles. The Bertz CT molecular complexity index is 530. The summed E-state index contributed by atoms with van der Waals surface area (Å²) >= 11 is 0. The Morgan fingerprint density at radius 3 is 2.80 bits per heavy atom.